The highest BCUT2D eigenvalue weighted by Crippen LogP contribution is 2.28. The van der Waals surface area contributed by atoms with Crippen LogP contribution in [-0.4, -0.2) is 20.5 Å². The highest BCUT2D eigenvalue weighted by Gasteiger charge is 2.28. The van der Waals surface area contributed by atoms with Gasteiger partial charge >= 0.3 is 0 Å². The molecule has 1 aliphatic carbocycles. The Morgan fingerprint density at radius 2 is 2.06 bits per heavy atom. The second kappa shape index (κ2) is 5.94. The molecule has 1 unspecified atom stereocenters. The molecule has 0 spiro atoms. The van der Waals surface area contributed by atoms with Crippen molar-refractivity contribution < 1.29 is 4.79 Å². The van der Waals surface area contributed by atoms with Gasteiger partial charge in [-0.1, -0.05) is 30.9 Å². The van der Waals surface area contributed by atoms with Gasteiger partial charge in [0.05, 0.1) is 0 Å². The summed E-state index contributed by atoms with van der Waals surface area (Å²) < 4.78 is 1.67. The van der Waals surface area contributed by atoms with Crippen LogP contribution in [0.3, 0.4) is 0 Å². The van der Waals surface area contributed by atoms with Crippen LogP contribution in [0.15, 0.2) is 24.3 Å². The molecule has 0 N–H and O–H groups in total. The molecule has 0 amide bonds. The summed E-state index contributed by atoms with van der Waals surface area (Å²) in [6.07, 6.45) is 10.8. The topological polar surface area (TPSA) is 47.8 Å². The summed E-state index contributed by atoms with van der Waals surface area (Å²) >= 11 is 0. The maximum absolute atomic E-state index is 12.6. The molecule has 98 valence electrons. The average Bonchev–Trinajstić information content (AvgIpc) is 2.89. The van der Waals surface area contributed by atoms with Crippen molar-refractivity contribution in [3.05, 3.63) is 24.3 Å². The van der Waals surface area contributed by atoms with E-state index in [1.807, 2.05) is 19.9 Å². The SMILES string of the molecule is CC(C)=CC(C(=O)C1CCCCC1)n1cncn1. The number of nitrogens with zero attached hydrogens (tertiary/aromatic N) is 3. The number of aromatic nitrogens is 3. The molecular formula is C14H21N3O. The zero-order valence-electron chi connectivity index (χ0n) is 11.2. The van der Waals surface area contributed by atoms with Gasteiger partial charge in [0, 0.05) is 5.92 Å². The Hall–Kier alpha value is -1.45. The van der Waals surface area contributed by atoms with Crippen molar-refractivity contribution in [2.24, 2.45) is 5.92 Å². The van der Waals surface area contributed by atoms with Gasteiger partial charge in [-0.15, -0.1) is 0 Å². The molecule has 1 fully saturated rings. The van der Waals surface area contributed by atoms with Gasteiger partial charge in [-0.25, -0.2) is 9.67 Å². The fraction of sp³-hybridized carbons (Fsp3) is 0.643. The first kappa shape index (κ1) is 13.0. The molecule has 1 aromatic rings. The van der Waals surface area contributed by atoms with Crippen molar-refractivity contribution in [1.29, 1.82) is 0 Å². The fourth-order valence-electron chi connectivity index (χ4n) is 2.59. The number of carbonyl (C=O) groups is 1. The van der Waals surface area contributed by atoms with Crippen LogP contribution in [0.4, 0.5) is 0 Å². The summed E-state index contributed by atoms with van der Waals surface area (Å²) in [5.41, 5.74) is 1.14. The molecule has 0 bridgehead atoms. The quantitative estimate of drug-likeness (QED) is 0.768. The van der Waals surface area contributed by atoms with Gasteiger partial charge < -0.3 is 0 Å². The molecule has 1 atom stereocenters. The smallest absolute Gasteiger partial charge is 0.164 e. The van der Waals surface area contributed by atoms with Gasteiger partial charge in [-0.05, 0) is 26.7 Å². The molecule has 0 radical (unpaired) electrons. The normalized spacial score (nSPS) is 18.3. The highest BCUT2D eigenvalue weighted by molar-refractivity contribution is 5.86. The molecule has 1 heterocycles. The number of ketones is 1. The zero-order chi connectivity index (χ0) is 13.0. The number of rotatable bonds is 4. The maximum atomic E-state index is 12.6. The fourth-order valence-corrected chi connectivity index (χ4v) is 2.59. The van der Waals surface area contributed by atoms with E-state index in [1.54, 1.807) is 11.0 Å². The van der Waals surface area contributed by atoms with E-state index in [1.165, 1.54) is 25.6 Å². The summed E-state index contributed by atoms with van der Waals surface area (Å²) in [4.78, 5) is 16.5. The van der Waals surface area contributed by atoms with Crippen LogP contribution in [0.5, 0.6) is 0 Å². The first-order chi connectivity index (χ1) is 8.68. The summed E-state index contributed by atoms with van der Waals surface area (Å²) in [5.74, 6) is 0.491. The number of carbonyl (C=O) groups excluding carboxylic acids is 1. The van der Waals surface area contributed by atoms with Gasteiger partial charge in [0.2, 0.25) is 0 Å². The second-order valence-corrected chi connectivity index (χ2v) is 5.30. The van der Waals surface area contributed by atoms with Crippen LogP contribution in [0.2, 0.25) is 0 Å². The largest absolute Gasteiger partial charge is 0.297 e. The molecule has 4 heteroatoms. The highest BCUT2D eigenvalue weighted by atomic mass is 16.1. The number of Topliss-reactive ketones (excluding diaryl/α,β-unsaturated/α-hetero) is 1. The molecular weight excluding hydrogens is 226 g/mol. The maximum Gasteiger partial charge on any atom is 0.164 e. The lowest BCUT2D eigenvalue weighted by molar-refractivity contribution is -0.126. The lowest BCUT2D eigenvalue weighted by Gasteiger charge is -2.24. The van der Waals surface area contributed by atoms with Crippen LogP contribution >= 0.6 is 0 Å². The first-order valence-electron chi connectivity index (χ1n) is 6.71. The first-order valence-corrected chi connectivity index (χ1v) is 6.71. The zero-order valence-corrected chi connectivity index (χ0v) is 11.2. The summed E-state index contributed by atoms with van der Waals surface area (Å²) in [5, 5.41) is 4.13. The second-order valence-electron chi connectivity index (χ2n) is 5.30. The van der Waals surface area contributed by atoms with Crippen LogP contribution < -0.4 is 0 Å². The average molecular weight is 247 g/mol. The van der Waals surface area contributed by atoms with Gasteiger partial charge in [0.1, 0.15) is 18.7 Å². The minimum atomic E-state index is -0.277. The number of allylic oxidation sites excluding steroid dienone is 2. The van der Waals surface area contributed by atoms with E-state index < -0.39 is 0 Å². The molecule has 1 aromatic heterocycles. The van der Waals surface area contributed by atoms with E-state index in [0.717, 1.165) is 18.4 Å². The molecule has 2 rings (SSSR count). The third kappa shape index (κ3) is 3.06. The van der Waals surface area contributed by atoms with E-state index in [2.05, 4.69) is 10.1 Å². The molecule has 0 aromatic carbocycles. The van der Waals surface area contributed by atoms with Crippen LogP contribution in [0, 0.1) is 5.92 Å². The molecule has 0 aliphatic heterocycles. The van der Waals surface area contributed by atoms with E-state index in [4.69, 9.17) is 0 Å². The third-order valence-electron chi connectivity index (χ3n) is 3.51. The summed E-state index contributed by atoms with van der Waals surface area (Å²) in [6.45, 7) is 4.02. The van der Waals surface area contributed by atoms with Crippen molar-refractivity contribution in [3.8, 4) is 0 Å². The monoisotopic (exact) mass is 247 g/mol. The van der Waals surface area contributed by atoms with Crippen LogP contribution in [0.25, 0.3) is 0 Å². The molecule has 1 saturated carbocycles. The van der Waals surface area contributed by atoms with Gasteiger partial charge in [-0.2, -0.15) is 5.10 Å². The molecule has 1 aliphatic rings. The molecule has 18 heavy (non-hydrogen) atoms. The lowest BCUT2D eigenvalue weighted by atomic mass is 9.83. The Labute approximate surface area is 108 Å². The lowest BCUT2D eigenvalue weighted by Crippen LogP contribution is -2.27. The van der Waals surface area contributed by atoms with E-state index in [9.17, 15) is 4.79 Å². The van der Waals surface area contributed by atoms with E-state index in [0.29, 0.717) is 5.78 Å². The van der Waals surface area contributed by atoms with Crippen molar-refractivity contribution in [2.75, 3.05) is 0 Å². The Balaban J connectivity index is 2.18. The summed E-state index contributed by atoms with van der Waals surface area (Å²) in [7, 11) is 0. The predicted molar refractivity (Wildman–Crippen MR) is 70.1 cm³/mol. The van der Waals surface area contributed by atoms with Crippen molar-refractivity contribution in [2.45, 2.75) is 52.0 Å². The van der Waals surface area contributed by atoms with Crippen molar-refractivity contribution in [3.63, 3.8) is 0 Å². The Bertz CT molecular complexity index is 412. The minimum Gasteiger partial charge on any atom is -0.297 e. The van der Waals surface area contributed by atoms with Crippen LogP contribution in [-0.2, 0) is 4.79 Å². The van der Waals surface area contributed by atoms with Crippen molar-refractivity contribution >= 4 is 5.78 Å². The Morgan fingerprint density at radius 1 is 1.33 bits per heavy atom. The number of hydrogen-bond acceptors (Lipinski definition) is 3. The van der Waals surface area contributed by atoms with Gasteiger partial charge in [0.15, 0.2) is 5.78 Å². The minimum absolute atomic E-state index is 0.198. The number of hydrogen-bond donors (Lipinski definition) is 0. The Kier molecular flexibility index (Phi) is 4.28. The van der Waals surface area contributed by atoms with Crippen LogP contribution in [0.1, 0.15) is 52.0 Å². The van der Waals surface area contributed by atoms with E-state index >= 15 is 0 Å². The summed E-state index contributed by atoms with van der Waals surface area (Å²) in [6, 6.07) is -0.277. The van der Waals surface area contributed by atoms with Gasteiger partial charge in [-0.3, -0.25) is 4.79 Å². The Morgan fingerprint density at radius 3 is 2.61 bits per heavy atom. The van der Waals surface area contributed by atoms with Crippen molar-refractivity contribution in [1.82, 2.24) is 14.8 Å². The molecule has 0 saturated heterocycles. The third-order valence-corrected chi connectivity index (χ3v) is 3.51. The molecule has 4 nitrogen and oxygen atoms in total. The standard InChI is InChI=1S/C14H21N3O/c1-11(2)8-13(17-10-15-9-16-17)14(18)12-6-4-3-5-7-12/h8-10,12-13H,3-7H2,1-2H3. The predicted octanol–water partition coefficient (Wildman–Crippen LogP) is 2.93. The van der Waals surface area contributed by atoms with Gasteiger partial charge in [0.25, 0.3) is 0 Å². The van der Waals surface area contributed by atoms with E-state index in [-0.39, 0.29) is 12.0 Å².